The Morgan fingerprint density at radius 2 is 1.74 bits per heavy atom. The molecule has 1 aliphatic rings. The summed E-state index contributed by atoms with van der Waals surface area (Å²) in [6, 6.07) is 17.6. The molecule has 1 amide bonds. The highest BCUT2D eigenvalue weighted by molar-refractivity contribution is 8.18. The standard InChI is InChI=1S/C23H16Cl2N2O5S2/c1-31-19-12-14(11-18(25)21(19)32-34(29,30)17-5-3-2-4-6-17)13-20-22(28)27-23(33-20)26-16-9-7-15(24)8-10-16/h2-13H,1H3,(H,26,27,28)/b20-13-. The first kappa shape index (κ1) is 24.2. The molecule has 0 saturated carbocycles. The molecule has 4 rings (SSSR count). The van der Waals surface area contributed by atoms with Crippen LogP contribution in [0.3, 0.4) is 0 Å². The molecule has 0 radical (unpaired) electrons. The number of nitrogens with one attached hydrogen (secondary N) is 1. The second kappa shape index (κ2) is 10.1. The molecular weight excluding hydrogens is 519 g/mol. The van der Waals surface area contributed by atoms with Gasteiger partial charge in [0.05, 0.1) is 22.7 Å². The molecule has 0 aromatic heterocycles. The number of aliphatic imine (C=N–C) groups is 1. The van der Waals surface area contributed by atoms with Crippen molar-refractivity contribution in [3.8, 4) is 11.5 Å². The Labute approximate surface area is 210 Å². The van der Waals surface area contributed by atoms with Crippen LogP contribution in [0.2, 0.25) is 10.0 Å². The number of hydrogen-bond acceptors (Lipinski definition) is 7. The van der Waals surface area contributed by atoms with Gasteiger partial charge < -0.3 is 14.2 Å². The van der Waals surface area contributed by atoms with E-state index >= 15 is 0 Å². The van der Waals surface area contributed by atoms with E-state index in [0.717, 1.165) is 11.8 Å². The van der Waals surface area contributed by atoms with Gasteiger partial charge in [0.1, 0.15) is 4.90 Å². The molecule has 1 aliphatic heterocycles. The molecule has 174 valence electrons. The first-order chi connectivity index (χ1) is 16.2. The van der Waals surface area contributed by atoms with E-state index < -0.39 is 10.1 Å². The molecule has 1 fully saturated rings. The second-order valence-electron chi connectivity index (χ2n) is 6.84. The van der Waals surface area contributed by atoms with Crippen LogP contribution in [-0.4, -0.2) is 26.6 Å². The highest BCUT2D eigenvalue weighted by Crippen LogP contribution is 2.39. The molecule has 0 aliphatic carbocycles. The number of amidine groups is 1. The minimum absolute atomic E-state index is 0.00386. The van der Waals surface area contributed by atoms with E-state index in [1.807, 2.05) is 0 Å². The number of ether oxygens (including phenoxy) is 1. The summed E-state index contributed by atoms with van der Waals surface area (Å²) in [5, 5.41) is 3.69. The number of carbonyl (C=O) groups is 1. The molecule has 0 atom stereocenters. The Kier molecular flexibility index (Phi) is 7.18. The van der Waals surface area contributed by atoms with Crippen LogP contribution in [0.1, 0.15) is 5.56 Å². The van der Waals surface area contributed by atoms with Gasteiger partial charge in [-0.3, -0.25) is 4.79 Å². The van der Waals surface area contributed by atoms with Crippen molar-refractivity contribution in [1.29, 1.82) is 0 Å². The molecule has 7 nitrogen and oxygen atoms in total. The molecule has 34 heavy (non-hydrogen) atoms. The van der Waals surface area contributed by atoms with Gasteiger partial charge in [0.2, 0.25) is 5.75 Å². The lowest BCUT2D eigenvalue weighted by molar-refractivity contribution is -0.115. The lowest BCUT2D eigenvalue weighted by Crippen LogP contribution is -2.19. The van der Waals surface area contributed by atoms with Crippen molar-refractivity contribution in [2.24, 2.45) is 4.99 Å². The Bertz CT molecular complexity index is 1410. The number of rotatable bonds is 6. The summed E-state index contributed by atoms with van der Waals surface area (Å²) < 4.78 is 35.8. The third-order valence-corrected chi connectivity index (χ3v) is 7.16. The third-order valence-electron chi connectivity index (χ3n) is 4.48. The molecule has 3 aromatic rings. The first-order valence-corrected chi connectivity index (χ1v) is 12.7. The first-order valence-electron chi connectivity index (χ1n) is 9.67. The van der Waals surface area contributed by atoms with Crippen LogP contribution in [-0.2, 0) is 14.9 Å². The van der Waals surface area contributed by atoms with Gasteiger partial charge in [-0.25, -0.2) is 4.99 Å². The van der Waals surface area contributed by atoms with Crippen molar-refractivity contribution in [2.75, 3.05) is 7.11 Å². The summed E-state index contributed by atoms with van der Waals surface area (Å²) in [4.78, 5) is 17.1. The van der Waals surface area contributed by atoms with Crippen LogP contribution in [0, 0.1) is 0 Å². The maximum atomic E-state index is 12.6. The van der Waals surface area contributed by atoms with Crippen LogP contribution in [0.5, 0.6) is 11.5 Å². The number of thioether (sulfide) groups is 1. The van der Waals surface area contributed by atoms with Gasteiger partial charge in [0.15, 0.2) is 10.9 Å². The largest absolute Gasteiger partial charge is 0.493 e. The number of benzene rings is 3. The number of halogens is 2. The van der Waals surface area contributed by atoms with Crippen molar-refractivity contribution in [3.63, 3.8) is 0 Å². The second-order valence-corrected chi connectivity index (χ2v) is 10.3. The van der Waals surface area contributed by atoms with Crippen LogP contribution in [0.15, 0.2) is 81.5 Å². The zero-order valence-corrected chi connectivity index (χ0v) is 20.6. The number of nitrogens with zero attached hydrogens (tertiary/aromatic N) is 1. The molecular formula is C23H16Cl2N2O5S2. The topological polar surface area (TPSA) is 94.1 Å². The Morgan fingerprint density at radius 3 is 2.41 bits per heavy atom. The van der Waals surface area contributed by atoms with Gasteiger partial charge in [-0.05, 0) is 71.9 Å². The molecule has 3 aromatic carbocycles. The zero-order chi connectivity index (χ0) is 24.3. The van der Waals surface area contributed by atoms with E-state index in [9.17, 15) is 13.2 Å². The van der Waals surface area contributed by atoms with Gasteiger partial charge in [0, 0.05) is 5.02 Å². The van der Waals surface area contributed by atoms with Crippen molar-refractivity contribution >= 4 is 67.9 Å². The molecule has 0 bridgehead atoms. The van der Waals surface area contributed by atoms with Gasteiger partial charge in [-0.15, -0.1) is 0 Å². The maximum Gasteiger partial charge on any atom is 0.339 e. The van der Waals surface area contributed by atoms with E-state index in [0.29, 0.717) is 26.3 Å². The van der Waals surface area contributed by atoms with Crippen molar-refractivity contribution < 1.29 is 22.1 Å². The van der Waals surface area contributed by atoms with E-state index in [4.69, 9.17) is 32.1 Å². The van der Waals surface area contributed by atoms with Crippen LogP contribution < -0.4 is 14.2 Å². The predicted molar refractivity (Wildman–Crippen MR) is 135 cm³/mol. The number of carbonyl (C=O) groups excluding carboxylic acids is 1. The quantitative estimate of drug-likeness (QED) is 0.323. The molecule has 0 spiro atoms. The van der Waals surface area contributed by atoms with Gasteiger partial charge >= 0.3 is 10.1 Å². The highest BCUT2D eigenvalue weighted by atomic mass is 35.5. The summed E-state index contributed by atoms with van der Waals surface area (Å²) in [6.45, 7) is 0. The summed E-state index contributed by atoms with van der Waals surface area (Å²) in [6.07, 6.45) is 1.59. The van der Waals surface area contributed by atoms with E-state index in [-0.39, 0.29) is 27.3 Å². The summed E-state index contributed by atoms with van der Waals surface area (Å²) in [5.74, 6) is -0.388. The SMILES string of the molecule is COc1cc(/C=C2\SC(=Nc3ccc(Cl)cc3)NC2=O)cc(Cl)c1OS(=O)(=O)c1ccccc1. The Morgan fingerprint density at radius 1 is 1.03 bits per heavy atom. The van der Waals surface area contributed by atoms with Crippen LogP contribution in [0.4, 0.5) is 5.69 Å². The lowest BCUT2D eigenvalue weighted by Gasteiger charge is -2.13. The number of amides is 1. The van der Waals surface area contributed by atoms with E-state index in [1.54, 1.807) is 48.5 Å². The summed E-state index contributed by atoms with van der Waals surface area (Å²) in [5.41, 5.74) is 1.15. The number of methoxy groups -OCH3 is 1. The fourth-order valence-electron chi connectivity index (χ4n) is 2.91. The van der Waals surface area contributed by atoms with Gasteiger partial charge in [-0.1, -0.05) is 41.4 Å². The van der Waals surface area contributed by atoms with Crippen molar-refractivity contribution in [2.45, 2.75) is 4.90 Å². The fourth-order valence-corrected chi connectivity index (χ4v) is 5.16. The lowest BCUT2D eigenvalue weighted by atomic mass is 10.2. The minimum Gasteiger partial charge on any atom is -0.493 e. The van der Waals surface area contributed by atoms with Crippen molar-refractivity contribution in [3.05, 3.63) is 87.2 Å². The van der Waals surface area contributed by atoms with Crippen molar-refractivity contribution in [1.82, 2.24) is 5.32 Å². The fraction of sp³-hybridized carbons (Fsp3) is 0.0435. The summed E-state index contributed by atoms with van der Waals surface area (Å²) in [7, 11) is -2.76. The molecule has 0 unspecified atom stereocenters. The third kappa shape index (κ3) is 5.56. The zero-order valence-electron chi connectivity index (χ0n) is 17.5. The van der Waals surface area contributed by atoms with Gasteiger partial charge in [-0.2, -0.15) is 8.42 Å². The van der Waals surface area contributed by atoms with E-state index in [2.05, 4.69) is 10.3 Å². The van der Waals surface area contributed by atoms with Crippen LogP contribution in [0.25, 0.3) is 6.08 Å². The smallest absolute Gasteiger partial charge is 0.339 e. The average Bonchev–Trinajstić information content (AvgIpc) is 3.15. The maximum absolute atomic E-state index is 12.6. The molecule has 1 saturated heterocycles. The predicted octanol–water partition coefficient (Wildman–Crippen LogP) is 5.66. The normalized spacial score (nSPS) is 16.0. The summed E-state index contributed by atoms with van der Waals surface area (Å²) >= 11 is 13.4. The highest BCUT2D eigenvalue weighted by Gasteiger charge is 2.25. The van der Waals surface area contributed by atoms with Gasteiger partial charge in [0.25, 0.3) is 5.91 Å². The molecule has 1 heterocycles. The average molecular weight is 535 g/mol. The minimum atomic E-state index is -4.12. The van der Waals surface area contributed by atoms with E-state index in [1.165, 1.54) is 31.4 Å². The Hall–Kier alpha value is -2.98. The monoisotopic (exact) mass is 534 g/mol. The molecule has 11 heteroatoms. The number of hydrogen-bond donors (Lipinski definition) is 1. The Balaban J connectivity index is 1.60. The van der Waals surface area contributed by atoms with Crippen LogP contribution >= 0.6 is 35.0 Å². The molecule has 1 N–H and O–H groups in total.